The Hall–Kier alpha value is -1.26. The summed E-state index contributed by atoms with van der Waals surface area (Å²) < 4.78 is 10.2. The molecule has 0 N–H and O–H groups in total. The summed E-state index contributed by atoms with van der Waals surface area (Å²) in [6.45, 7) is 7.18. The fraction of sp³-hybridized carbons (Fsp3) is 0.867. The van der Waals surface area contributed by atoms with Crippen LogP contribution in [0.15, 0.2) is 0 Å². The first-order valence-corrected chi connectivity index (χ1v) is 7.35. The molecule has 0 heterocycles. The van der Waals surface area contributed by atoms with Gasteiger partial charge < -0.3 is 9.47 Å². The van der Waals surface area contributed by atoms with Gasteiger partial charge >= 0.3 is 12.1 Å². The van der Waals surface area contributed by atoms with Crippen molar-refractivity contribution in [3.63, 3.8) is 0 Å². The number of hydrogen-bond donors (Lipinski definition) is 0. The molecule has 5 heteroatoms. The Kier molecular flexibility index (Phi) is 5.84. The Morgan fingerprint density at radius 2 is 1.70 bits per heavy atom. The van der Waals surface area contributed by atoms with Crippen molar-refractivity contribution in [1.29, 1.82) is 0 Å². The minimum atomic E-state index is -0.613. The fourth-order valence-electron chi connectivity index (χ4n) is 2.58. The second-order valence-corrected chi connectivity index (χ2v) is 6.38. The third-order valence-electron chi connectivity index (χ3n) is 3.53. The van der Waals surface area contributed by atoms with E-state index in [9.17, 15) is 9.59 Å². The highest BCUT2D eigenvalue weighted by atomic mass is 16.6. The van der Waals surface area contributed by atoms with Crippen LogP contribution in [0.5, 0.6) is 0 Å². The molecule has 0 aromatic rings. The monoisotopic (exact) mass is 285 g/mol. The normalized spacial score (nSPS) is 18.2. The molecule has 0 bridgehead atoms. The lowest BCUT2D eigenvalue weighted by Crippen LogP contribution is -2.52. The van der Waals surface area contributed by atoms with Crippen LogP contribution in [0.25, 0.3) is 0 Å². The summed E-state index contributed by atoms with van der Waals surface area (Å²) >= 11 is 0. The fourth-order valence-corrected chi connectivity index (χ4v) is 2.58. The second kappa shape index (κ2) is 6.95. The van der Waals surface area contributed by atoms with Gasteiger partial charge in [0.25, 0.3) is 0 Å². The van der Waals surface area contributed by atoms with Crippen LogP contribution in [0.2, 0.25) is 0 Å². The van der Waals surface area contributed by atoms with Gasteiger partial charge in [0.05, 0.1) is 7.11 Å². The average molecular weight is 285 g/mol. The lowest BCUT2D eigenvalue weighted by Gasteiger charge is -2.38. The maximum atomic E-state index is 12.4. The number of carbonyl (C=O) groups is 2. The lowest BCUT2D eigenvalue weighted by atomic mass is 9.93. The molecule has 0 spiro atoms. The number of amides is 1. The molecule has 0 radical (unpaired) electrons. The first-order chi connectivity index (χ1) is 9.26. The summed E-state index contributed by atoms with van der Waals surface area (Å²) in [5.41, 5.74) is -0.570. The zero-order valence-corrected chi connectivity index (χ0v) is 13.3. The van der Waals surface area contributed by atoms with Gasteiger partial charge in [0.1, 0.15) is 11.6 Å². The van der Waals surface area contributed by atoms with Gasteiger partial charge in [0, 0.05) is 6.04 Å². The highest BCUT2D eigenvalue weighted by Gasteiger charge is 2.36. The molecule has 1 amide bonds. The van der Waals surface area contributed by atoms with E-state index >= 15 is 0 Å². The van der Waals surface area contributed by atoms with Crippen LogP contribution in [0.3, 0.4) is 0 Å². The number of methoxy groups -OCH3 is 1. The zero-order chi connectivity index (χ0) is 15.3. The van der Waals surface area contributed by atoms with Gasteiger partial charge in [-0.3, -0.25) is 4.90 Å². The molecule has 5 nitrogen and oxygen atoms in total. The van der Waals surface area contributed by atoms with Crippen LogP contribution in [0, 0.1) is 0 Å². The van der Waals surface area contributed by atoms with Crippen LogP contribution in [0.1, 0.15) is 59.8 Å². The molecule has 0 saturated heterocycles. The molecule has 1 aliphatic rings. The molecule has 116 valence electrons. The zero-order valence-electron chi connectivity index (χ0n) is 13.3. The average Bonchev–Trinajstić information content (AvgIpc) is 2.37. The van der Waals surface area contributed by atoms with Crippen LogP contribution < -0.4 is 0 Å². The predicted octanol–water partition coefficient (Wildman–Crippen LogP) is 3.12. The van der Waals surface area contributed by atoms with E-state index in [4.69, 9.17) is 9.47 Å². The standard InChI is InChI=1S/C15H27NO4/c1-11(13(17)19-5)16(12-9-7-6-8-10-12)14(18)20-15(2,3)4/h11-12H,6-10H2,1-5H3. The van der Waals surface area contributed by atoms with Gasteiger partial charge in [-0.25, -0.2) is 9.59 Å². The van der Waals surface area contributed by atoms with Gasteiger partial charge in [-0.15, -0.1) is 0 Å². The largest absolute Gasteiger partial charge is 0.467 e. The Morgan fingerprint density at radius 3 is 2.15 bits per heavy atom. The first kappa shape index (κ1) is 16.8. The number of rotatable bonds is 3. The second-order valence-electron chi connectivity index (χ2n) is 6.38. The van der Waals surface area contributed by atoms with E-state index in [1.807, 2.05) is 20.8 Å². The van der Waals surface area contributed by atoms with E-state index in [0.29, 0.717) is 0 Å². The minimum Gasteiger partial charge on any atom is -0.467 e. The molecular formula is C15H27NO4. The topological polar surface area (TPSA) is 55.8 Å². The van der Waals surface area contributed by atoms with E-state index in [0.717, 1.165) is 25.7 Å². The van der Waals surface area contributed by atoms with E-state index in [2.05, 4.69) is 0 Å². The van der Waals surface area contributed by atoms with Crippen molar-refractivity contribution in [3.05, 3.63) is 0 Å². The Labute approximate surface area is 121 Å². The van der Waals surface area contributed by atoms with E-state index in [1.165, 1.54) is 13.5 Å². The molecule has 0 aliphatic heterocycles. The van der Waals surface area contributed by atoms with Gasteiger partial charge in [-0.05, 0) is 40.5 Å². The predicted molar refractivity (Wildman–Crippen MR) is 76.4 cm³/mol. The Balaban J connectivity index is 2.87. The minimum absolute atomic E-state index is 0.0627. The van der Waals surface area contributed by atoms with Crippen molar-refractivity contribution >= 4 is 12.1 Å². The molecule has 0 aromatic carbocycles. The summed E-state index contributed by atoms with van der Waals surface area (Å²) in [4.78, 5) is 25.8. The van der Waals surface area contributed by atoms with E-state index in [1.54, 1.807) is 11.8 Å². The van der Waals surface area contributed by atoms with Crippen molar-refractivity contribution in [1.82, 2.24) is 4.90 Å². The van der Waals surface area contributed by atoms with Crippen molar-refractivity contribution in [2.75, 3.05) is 7.11 Å². The highest BCUT2D eigenvalue weighted by molar-refractivity contribution is 5.81. The Morgan fingerprint density at radius 1 is 1.15 bits per heavy atom. The van der Waals surface area contributed by atoms with Gasteiger partial charge in [0.2, 0.25) is 0 Å². The Bertz CT molecular complexity index is 342. The molecule has 1 saturated carbocycles. The van der Waals surface area contributed by atoms with Crippen molar-refractivity contribution in [2.45, 2.75) is 77.5 Å². The third kappa shape index (κ3) is 4.69. The molecule has 1 fully saturated rings. The quantitative estimate of drug-likeness (QED) is 0.748. The van der Waals surface area contributed by atoms with Crippen LogP contribution in [0.4, 0.5) is 4.79 Å². The number of carbonyl (C=O) groups excluding carboxylic acids is 2. The summed E-state index contributed by atoms with van der Waals surface area (Å²) in [7, 11) is 1.34. The maximum absolute atomic E-state index is 12.4. The molecule has 0 aromatic heterocycles. The molecule has 20 heavy (non-hydrogen) atoms. The molecule has 1 unspecified atom stereocenters. The summed E-state index contributed by atoms with van der Waals surface area (Å²) in [6.07, 6.45) is 4.75. The van der Waals surface area contributed by atoms with Crippen molar-refractivity contribution < 1.29 is 19.1 Å². The number of esters is 1. The highest BCUT2D eigenvalue weighted by Crippen LogP contribution is 2.26. The summed E-state index contributed by atoms with van der Waals surface area (Å²) in [5.74, 6) is -0.401. The van der Waals surface area contributed by atoms with Crippen molar-refractivity contribution in [2.24, 2.45) is 0 Å². The first-order valence-electron chi connectivity index (χ1n) is 7.35. The van der Waals surface area contributed by atoms with E-state index < -0.39 is 23.7 Å². The molecule has 1 rings (SSSR count). The van der Waals surface area contributed by atoms with Crippen molar-refractivity contribution in [3.8, 4) is 0 Å². The number of ether oxygens (including phenoxy) is 2. The van der Waals surface area contributed by atoms with Crippen LogP contribution in [-0.2, 0) is 14.3 Å². The summed E-state index contributed by atoms with van der Waals surface area (Å²) in [5, 5.41) is 0. The SMILES string of the molecule is COC(=O)C(C)N(C(=O)OC(C)(C)C)C1CCCCC1. The summed E-state index contributed by atoms with van der Waals surface area (Å²) in [6, 6.07) is -0.550. The third-order valence-corrected chi connectivity index (χ3v) is 3.53. The van der Waals surface area contributed by atoms with Gasteiger partial charge in [0.15, 0.2) is 0 Å². The molecule has 1 aliphatic carbocycles. The van der Waals surface area contributed by atoms with Crippen LogP contribution >= 0.6 is 0 Å². The molecular weight excluding hydrogens is 258 g/mol. The van der Waals surface area contributed by atoms with E-state index in [-0.39, 0.29) is 6.04 Å². The van der Waals surface area contributed by atoms with Crippen LogP contribution in [-0.4, -0.2) is 41.8 Å². The van der Waals surface area contributed by atoms with Gasteiger partial charge in [-0.1, -0.05) is 19.3 Å². The number of hydrogen-bond acceptors (Lipinski definition) is 4. The maximum Gasteiger partial charge on any atom is 0.411 e. The molecule has 1 atom stereocenters. The lowest BCUT2D eigenvalue weighted by molar-refractivity contribution is -0.147. The number of nitrogens with zero attached hydrogens (tertiary/aromatic N) is 1. The van der Waals surface area contributed by atoms with Gasteiger partial charge in [-0.2, -0.15) is 0 Å². The smallest absolute Gasteiger partial charge is 0.411 e.